The molecule has 0 aromatic heterocycles. The molecule has 0 radical (unpaired) electrons. The van der Waals surface area contributed by atoms with Gasteiger partial charge in [-0.15, -0.1) is 0 Å². The smallest absolute Gasteiger partial charge is 0.293 e. The van der Waals surface area contributed by atoms with Crippen LogP contribution in [0.5, 0.6) is 11.5 Å². The van der Waals surface area contributed by atoms with Crippen molar-refractivity contribution in [2.24, 2.45) is 0 Å². The van der Waals surface area contributed by atoms with Gasteiger partial charge in [0, 0.05) is 0 Å². The predicted molar refractivity (Wildman–Crippen MR) is 34.7 cm³/mol. The molecule has 0 saturated heterocycles. The zero-order chi connectivity index (χ0) is 10.9. The number of aromatic hydroxyl groups is 1. The molecule has 2 nitrogen and oxygen atoms in total. The molecule has 0 spiro atoms. The highest BCUT2D eigenvalue weighted by Gasteiger charge is 1.87. The van der Waals surface area contributed by atoms with E-state index < -0.39 is 17.8 Å². The van der Waals surface area contributed by atoms with Crippen molar-refractivity contribution in [3.63, 3.8) is 0 Å². The Kier molecular flexibility index (Phi) is 0.589. The van der Waals surface area contributed by atoms with E-state index in [0.717, 1.165) is 0 Å². The molecule has 0 heterocycles. The van der Waals surface area contributed by atoms with Crippen LogP contribution in [0.4, 0.5) is 0 Å². The first-order chi connectivity index (χ1) is 6.54. The van der Waals surface area contributed by atoms with Crippen LogP contribution in [0.3, 0.4) is 0 Å². The van der Waals surface area contributed by atoms with Gasteiger partial charge < -0.3 is 9.85 Å². The van der Waals surface area contributed by atoms with Gasteiger partial charge >= 0.3 is 0 Å². The summed E-state index contributed by atoms with van der Waals surface area (Å²) < 4.78 is 40.8. The minimum absolute atomic E-state index is 0.152. The second kappa shape index (κ2) is 2.40. The van der Waals surface area contributed by atoms with E-state index in [1.807, 2.05) is 0 Å². The number of hydrogen-bond acceptors (Lipinski definition) is 2. The average Bonchev–Trinajstić information content (AvgIpc) is 2.17. The maximum absolute atomic E-state index is 7.40. The summed E-state index contributed by atoms with van der Waals surface area (Å²) >= 11 is 0. The Labute approximate surface area is 60.8 Å². The number of benzene rings is 1. The molecule has 1 N–H and O–H groups in total. The monoisotopic (exact) mass is 129 g/mol. The van der Waals surface area contributed by atoms with Crippen LogP contribution in [0.2, 0.25) is 0 Å². The molecule has 0 aliphatic carbocycles. The number of phenols is 1. The third-order valence-corrected chi connectivity index (χ3v) is 0.783. The first kappa shape index (κ1) is 2.21. The highest BCUT2D eigenvalue weighted by molar-refractivity contribution is 5.29. The Morgan fingerprint density at radius 3 is 2.67 bits per heavy atom. The van der Waals surface area contributed by atoms with Gasteiger partial charge in [0.25, 0.3) is 1.43 Å². The fourth-order valence-electron chi connectivity index (χ4n) is 0.392. The number of ether oxygens (including phenoxy) is 1. The predicted octanol–water partition coefficient (Wildman–Crippen LogP) is 1.40. The van der Waals surface area contributed by atoms with Crippen molar-refractivity contribution in [3.8, 4) is 11.5 Å². The number of phenolic OH excluding ortho intramolecular Hbond substituents is 1. The molecule has 1 rings (SSSR count). The molecule has 1 aromatic rings. The van der Waals surface area contributed by atoms with Crippen LogP contribution in [0, 0.1) is 0 Å². The molecule has 48 valence electrons. The van der Waals surface area contributed by atoms with Gasteiger partial charge in [-0.2, -0.15) is 0 Å². The molecule has 0 unspecified atom stereocenters. The third-order valence-electron chi connectivity index (χ3n) is 0.783. The van der Waals surface area contributed by atoms with Crippen LogP contribution in [0.1, 0.15) is 5.48 Å². The molecular weight excluding hydrogens is 116 g/mol. The van der Waals surface area contributed by atoms with Crippen molar-refractivity contribution < 1.29 is 15.3 Å². The number of rotatable bonds is 2. The highest BCUT2D eigenvalue weighted by Crippen LogP contribution is 2.14. The van der Waals surface area contributed by atoms with Crippen molar-refractivity contribution >= 4 is 0 Å². The average molecular weight is 129 g/mol. The number of methoxy groups -OCH3 is 1. The maximum atomic E-state index is 7.40. The summed E-state index contributed by atoms with van der Waals surface area (Å²) in [4.78, 5) is 0. The molecule has 0 aliphatic rings. The van der Waals surface area contributed by atoms with Gasteiger partial charge in [0.2, 0.25) is 0 Å². The fourth-order valence-corrected chi connectivity index (χ4v) is 0.392. The summed E-state index contributed by atoms with van der Waals surface area (Å²) in [6.45, 7) is 0. The molecule has 0 aliphatic heterocycles. The van der Waals surface area contributed by atoms with E-state index in [-0.39, 0.29) is 17.8 Å². The van der Waals surface area contributed by atoms with Crippen LogP contribution in [-0.4, -0.2) is 13.6 Å². The molecule has 9 heavy (non-hydrogen) atoms. The van der Waals surface area contributed by atoms with Gasteiger partial charge in [-0.05, 0) is 24.2 Å². The van der Waals surface area contributed by atoms with Crippen LogP contribution < -0.4 is 4.74 Å². The van der Waals surface area contributed by atoms with Crippen molar-refractivity contribution in [3.05, 3.63) is 24.2 Å². The first-order valence-corrected chi connectivity index (χ1v) is 2.32. The van der Waals surface area contributed by atoms with Crippen LogP contribution in [-0.2, 0) is 0 Å². The quantitative estimate of drug-likeness (QED) is 0.654. The molecule has 0 fully saturated rings. The highest BCUT2D eigenvalue weighted by atomic mass is 16.5. The lowest BCUT2D eigenvalue weighted by atomic mass is 10.3. The zero-order valence-corrected chi connectivity index (χ0v) is 4.82. The van der Waals surface area contributed by atoms with E-state index in [2.05, 4.69) is 5.11 Å². The van der Waals surface area contributed by atoms with Crippen molar-refractivity contribution in [2.75, 3.05) is 7.11 Å². The summed E-state index contributed by atoms with van der Waals surface area (Å²) in [5.74, 6) is -0.554. The Bertz CT molecular complexity index is 302. The van der Waals surface area contributed by atoms with Crippen molar-refractivity contribution in [1.82, 2.24) is 0 Å². The van der Waals surface area contributed by atoms with E-state index in [0.29, 0.717) is 0 Å². The van der Waals surface area contributed by atoms with Gasteiger partial charge in [-0.1, -0.05) is 0 Å². The van der Waals surface area contributed by atoms with Crippen molar-refractivity contribution in [2.45, 2.75) is 0 Å². The topological polar surface area (TPSA) is 29.5 Å². The summed E-state index contributed by atoms with van der Waals surface area (Å²) in [6.07, 6.45) is 0. The van der Waals surface area contributed by atoms with Gasteiger partial charge in [0.1, 0.15) is 11.5 Å². The second-order valence-electron chi connectivity index (χ2n) is 1.36. The molecule has 0 amide bonds. The molecule has 0 saturated carbocycles. The molecule has 0 bridgehead atoms. The Morgan fingerprint density at radius 1 is 1.56 bits per heavy atom. The summed E-state index contributed by atoms with van der Waals surface area (Å²) in [7, 11) is 1.26. The van der Waals surface area contributed by atoms with Crippen LogP contribution in [0.15, 0.2) is 24.2 Å². The van der Waals surface area contributed by atoms with Gasteiger partial charge in [0.15, 0.2) is 0 Å². The largest absolute Gasteiger partial charge is 0.508 e. The lowest BCUT2D eigenvalue weighted by Crippen LogP contribution is -1.79. The summed E-state index contributed by atoms with van der Waals surface area (Å²) in [5.41, 5.74) is 0. The van der Waals surface area contributed by atoms with Gasteiger partial charge in [-0.25, -0.2) is 0 Å². The first-order valence-electron chi connectivity index (χ1n) is 4.72. The van der Waals surface area contributed by atoms with Crippen molar-refractivity contribution in [1.29, 1.82) is 1.43 Å². The van der Waals surface area contributed by atoms with Crippen LogP contribution >= 0.6 is 0 Å². The SMILES string of the molecule is [2H]Oc1c([2H])c([2H])c(OC)c([2H])c1[2H]. The minimum atomic E-state index is -0.419. The van der Waals surface area contributed by atoms with Crippen LogP contribution in [0.25, 0.3) is 0 Å². The standard InChI is InChI=1S/C7H8O2/c1-9-7-4-2-6(8)3-5-7/h2-5,8H,1H3/i2D,3D,4D,5D/hD. The third kappa shape index (κ3) is 1.35. The normalized spacial score (nSPS) is 16.3. The summed E-state index contributed by atoms with van der Waals surface area (Å²) in [6, 6.07) is -1.54. The van der Waals surface area contributed by atoms with E-state index in [4.69, 9.17) is 11.7 Å². The van der Waals surface area contributed by atoms with E-state index in [9.17, 15) is 0 Å². The fraction of sp³-hybridized carbons (Fsp3) is 0.143. The van der Waals surface area contributed by atoms with E-state index in [1.165, 1.54) is 7.11 Å². The van der Waals surface area contributed by atoms with Gasteiger partial charge in [0.05, 0.1) is 12.6 Å². The Hall–Kier alpha value is -1.18. The lowest BCUT2D eigenvalue weighted by Gasteiger charge is -1.96. The maximum Gasteiger partial charge on any atom is 0.293 e. The Morgan fingerprint density at radius 2 is 2.22 bits per heavy atom. The molecule has 2 heteroatoms. The lowest BCUT2D eigenvalue weighted by molar-refractivity contribution is 0.412. The summed E-state index contributed by atoms with van der Waals surface area (Å²) in [5, 5.41) is 4.02. The van der Waals surface area contributed by atoms with E-state index >= 15 is 0 Å². The molecule has 1 aromatic carbocycles. The number of hydrogen-bond donors (Lipinski definition) is 1. The van der Waals surface area contributed by atoms with Gasteiger partial charge in [-0.3, -0.25) is 0 Å². The second-order valence-corrected chi connectivity index (χ2v) is 1.36. The van der Waals surface area contributed by atoms with E-state index in [1.54, 1.807) is 0 Å². The molecular formula is C7H8O2. The molecule has 0 atom stereocenters. The Balaban J connectivity index is 3.55. The minimum Gasteiger partial charge on any atom is -0.508 e. The zero-order valence-electron chi connectivity index (χ0n) is 9.82.